The van der Waals surface area contributed by atoms with E-state index in [0.29, 0.717) is 17.3 Å². The van der Waals surface area contributed by atoms with Gasteiger partial charge in [-0.25, -0.2) is 0 Å². The van der Waals surface area contributed by atoms with E-state index in [0.717, 1.165) is 11.1 Å². The number of ether oxygens (including phenoxy) is 1. The minimum absolute atomic E-state index is 0.236. The van der Waals surface area contributed by atoms with Crippen molar-refractivity contribution < 1.29 is 9.53 Å². The SMILES string of the molecule is CCOC(=O)Cc1cc(Cl)c(N)cc1C. The number of carbonyl (C=O) groups excluding carboxylic acids is 1. The van der Waals surface area contributed by atoms with Crippen molar-refractivity contribution in [1.82, 2.24) is 0 Å². The van der Waals surface area contributed by atoms with Crippen molar-refractivity contribution in [1.29, 1.82) is 0 Å². The Morgan fingerprint density at radius 2 is 2.20 bits per heavy atom. The van der Waals surface area contributed by atoms with Crippen LogP contribution in [0.5, 0.6) is 0 Å². The van der Waals surface area contributed by atoms with Gasteiger partial charge in [-0.05, 0) is 37.1 Å². The van der Waals surface area contributed by atoms with Crippen molar-refractivity contribution in [2.75, 3.05) is 12.3 Å². The molecule has 0 fully saturated rings. The van der Waals surface area contributed by atoms with Crippen LogP contribution in [0.15, 0.2) is 12.1 Å². The lowest BCUT2D eigenvalue weighted by molar-refractivity contribution is -0.142. The van der Waals surface area contributed by atoms with Gasteiger partial charge >= 0.3 is 5.97 Å². The molecule has 0 atom stereocenters. The Balaban J connectivity index is 2.86. The highest BCUT2D eigenvalue weighted by Gasteiger charge is 2.08. The van der Waals surface area contributed by atoms with Crippen LogP contribution in [0, 0.1) is 6.92 Å². The molecule has 1 aromatic rings. The fourth-order valence-electron chi connectivity index (χ4n) is 1.30. The summed E-state index contributed by atoms with van der Waals surface area (Å²) in [5.74, 6) is -0.249. The van der Waals surface area contributed by atoms with Crippen molar-refractivity contribution in [2.24, 2.45) is 0 Å². The number of rotatable bonds is 3. The second-order valence-electron chi connectivity index (χ2n) is 3.28. The van der Waals surface area contributed by atoms with E-state index in [1.165, 1.54) is 0 Å². The van der Waals surface area contributed by atoms with Crippen molar-refractivity contribution in [3.05, 3.63) is 28.3 Å². The second-order valence-corrected chi connectivity index (χ2v) is 3.69. The molecule has 0 unspecified atom stereocenters. The van der Waals surface area contributed by atoms with Crippen molar-refractivity contribution >= 4 is 23.3 Å². The monoisotopic (exact) mass is 227 g/mol. The first-order chi connectivity index (χ1) is 7.04. The molecule has 0 saturated heterocycles. The summed E-state index contributed by atoms with van der Waals surface area (Å²) in [5.41, 5.74) is 7.96. The molecule has 82 valence electrons. The zero-order valence-corrected chi connectivity index (χ0v) is 9.60. The van der Waals surface area contributed by atoms with Crippen molar-refractivity contribution in [2.45, 2.75) is 20.3 Å². The molecular weight excluding hydrogens is 214 g/mol. The lowest BCUT2D eigenvalue weighted by Gasteiger charge is -2.08. The molecule has 0 aromatic heterocycles. The summed E-state index contributed by atoms with van der Waals surface area (Å²) < 4.78 is 4.86. The number of aryl methyl sites for hydroxylation is 1. The number of benzene rings is 1. The van der Waals surface area contributed by atoms with Crippen LogP contribution in [0.1, 0.15) is 18.1 Å². The number of hydrogen-bond donors (Lipinski definition) is 1. The minimum Gasteiger partial charge on any atom is -0.466 e. The standard InChI is InChI=1S/C11H14ClNO2/c1-3-15-11(14)6-8-5-9(12)10(13)4-7(8)2/h4-5H,3,6,13H2,1-2H3. The summed E-state index contributed by atoms with van der Waals surface area (Å²) in [5, 5.41) is 0.472. The summed E-state index contributed by atoms with van der Waals surface area (Å²) in [7, 11) is 0. The molecule has 15 heavy (non-hydrogen) atoms. The van der Waals surface area contributed by atoms with Gasteiger partial charge in [0.1, 0.15) is 0 Å². The summed E-state index contributed by atoms with van der Waals surface area (Å²) in [6, 6.07) is 3.47. The number of halogens is 1. The summed E-state index contributed by atoms with van der Waals surface area (Å²) in [6.45, 7) is 4.06. The van der Waals surface area contributed by atoms with E-state index in [4.69, 9.17) is 22.1 Å². The maximum absolute atomic E-state index is 11.3. The van der Waals surface area contributed by atoms with Gasteiger partial charge < -0.3 is 10.5 Å². The van der Waals surface area contributed by atoms with Crippen molar-refractivity contribution in [3.8, 4) is 0 Å². The number of hydrogen-bond acceptors (Lipinski definition) is 3. The van der Waals surface area contributed by atoms with E-state index in [9.17, 15) is 4.79 Å². The second kappa shape index (κ2) is 5.03. The van der Waals surface area contributed by atoms with Gasteiger partial charge in [0.15, 0.2) is 0 Å². The van der Waals surface area contributed by atoms with E-state index in [-0.39, 0.29) is 12.4 Å². The van der Waals surface area contributed by atoms with Crippen LogP contribution in [0.2, 0.25) is 5.02 Å². The number of nitrogen functional groups attached to an aromatic ring is 1. The van der Waals surface area contributed by atoms with Gasteiger partial charge in [-0.3, -0.25) is 4.79 Å². The van der Waals surface area contributed by atoms with Crippen LogP contribution >= 0.6 is 11.6 Å². The molecule has 3 nitrogen and oxygen atoms in total. The molecule has 2 N–H and O–H groups in total. The third-order valence-corrected chi connectivity index (χ3v) is 2.42. The Hall–Kier alpha value is -1.22. The van der Waals surface area contributed by atoms with Gasteiger partial charge in [0, 0.05) is 0 Å². The number of carbonyl (C=O) groups is 1. The molecule has 0 aliphatic carbocycles. The molecule has 0 radical (unpaired) electrons. The largest absolute Gasteiger partial charge is 0.466 e. The van der Waals surface area contributed by atoms with E-state index < -0.39 is 0 Å². The van der Waals surface area contributed by atoms with E-state index in [1.807, 2.05) is 6.92 Å². The average molecular weight is 228 g/mol. The topological polar surface area (TPSA) is 52.3 Å². The predicted molar refractivity (Wildman–Crippen MR) is 60.9 cm³/mol. The Morgan fingerprint density at radius 1 is 1.53 bits per heavy atom. The molecular formula is C11H14ClNO2. The maximum Gasteiger partial charge on any atom is 0.310 e. The Kier molecular flexibility index (Phi) is 3.97. The van der Waals surface area contributed by atoms with Crippen LogP contribution in [0.4, 0.5) is 5.69 Å². The van der Waals surface area contributed by atoms with E-state index in [2.05, 4.69) is 0 Å². The van der Waals surface area contributed by atoms with Gasteiger partial charge in [0.05, 0.1) is 23.7 Å². The first-order valence-corrected chi connectivity index (χ1v) is 5.12. The minimum atomic E-state index is -0.249. The van der Waals surface area contributed by atoms with E-state index in [1.54, 1.807) is 19.1 Å². The Bertz CT molecular complexity index is 377. The number of anilines is 1. The van der Waals surface area contributed by atoms with Crippen LogP contribution in [-0.4, -0.2) is 12.6 Å². The van der Waals surface area contributed by atoms with Crippen LogP contribution < -0.4 is 5.73 Å². The molecule has 0 bridgehead atoms. The van der Waals surface area contributed by atoms with Gasteiger partial charge in [0.2, 0.25) is 0 Å². The molecule has 0 spiro atoms. The third kappa shape index (κ3) is 3.13. The summed E-state index contributed by atoms with van der Waals surface area (Å²) in [6.07, 6.45) is 0.236. The fourth-order valence-corrected chi connectivity index (χ4v) is 1.49. The van der Waals surface area contributed by atoms with Crippen LogP contribution in [-0.2, 0) is 16.0 Å². The maximum atomic E-state index is 11.3. The van der Waals surface area contributed by atoms with E-state index >= 15 is 0 Å². The number of nitrogens with two attached hydrogens (primary N) is 1. The van der Waals surface area contributed by atoms with Gasteiger partial charge in [-0.15, -0.1) is 0 Å². The zero-order chi connectivity index (χ0) is 11.4. The van der Waals surface area contributed by atoms with Crippen LogP contribution in [0.3, 0.4) is 0 Å². The Labute approximate surface area is 94.2 Å². The summed E-state index contributed by atoms with van der Waals surface area (Å²) in [4.78, 5) is 11.3. The highest BCUT2D eigenvalue weighted by Crippen LogP contribution is 2.23. The molecule has 0 amide bonds. The summed E-state index contributed by atoms with van der Waals surface area (Å²) >= 11 is 5.87. The molecule has 0 saturated carbocycles. The first-order valence-electron chi connectivity index (χ1n) is 4.74. The molecule has 0 aliphatic rings. The quantitative estimate of drug-likeness (QED) is 0.637. The molecule has 4 heteroatoms. The van der Waals surface area contributed by atoms with Crippen molar-refractivity contribution in [3.63, 3.8) is 0 Å². The normalized spacial score (nSPS) is 10.1. The van der Waals surface area contributed by atoms with Gasteiger partial charge in [-0.1, -0.05) is 11.6 Å². The smallest absolute Gasteiger partial charge is 0.310 e. The molecule has 0 heterocycles. The molecule has 1 rings (SSSR count). The predicted octanol–water partition coefficient (Wildman–Crippen LogP) is 2.34. The lowest BCUT2D eigenvalue weighted by Crippen LogP contribution is -2.08. The van der Waals surface area contributed by atoms with Gasteiger partial charge in [-0.2, -0.15) is 0 Å². The molecule has 1 aromatic carbocycles. The number of esters is 1. The highest BCUT2D eigenvalue weighted by atomic mass is 35.5. The first kappa shape index (κ1) is 11.9. The Morgan fingerprint density at radius 3 is 2.80 bits per heavy atom. The molecule has 0 aliphatic heterocycles. The third-order valence-electron chi connectivity index (χ3n) is 2.10. The van der Waals surface area contributed by atoms with Gasteiger partial charge in [0.25, 0.3) is 0 Å². The lowest BCUT2D eigenvalue weighted by atomic mass is 10.1. The highest BCUT2D eigenvalue weighted by molar-refractivity contribution is 6.33. The fraction of sp³-hybridized carbons (Fsp3) is 0.364. The average Bonchev–Trinajstić information content (AvgIpc) is 2.14. The van der Waals surface area contributed by atoms with Crippen LogP contribution in [0.25, 0.3) is 0 Å². The zero-order valence-electron chi connectivity index (χ0n) is 8.84.